The Bertz CT molecular complexity index is 330. The lowest BCUT2D eigenvalue weighted by atomic mass is 10.3. The van der Waals surface area contributed by atoms with E-state index >= 15 is 0 Å². The molecule has 0 saturated heterocycles. The van der Waals surface area contributed by atoms with Gasteiger partial charge in [0.2, 0.25) is 0 Å². The number of nitrogens with two attached hydrogens (primary N) is 1. The zero-order chi connectivity index (χ0) is 11.1. The second-order valence-corrected chi connectivity index (χ2v) is 3.83. The first-order chi connectivity index (χ1) is 7.26. The van der Waals surface area contributed by atoms with Gasteiger partial charge in [0.05, 0.1) is 12.4 Å². The fourth-order valence-corrected chi connectivity index (χ4v) is 1.69. The van der Waals surface area contributed by atoms with Crippen molar-refractivity contribution < 1.29 is 9.94 Å². The average molecular weight is 263 g/mol. The fourth-order valence-electron chi connectivity index (χ4n) is 0.985. The Balaban J connectivity index is 0.00000225. The molecule has 0 spiro atoms. The van der Waals surface area contributed by atoms with Crippen molar-refractivity contribution in [2.45, 2.75) is 11.8 Å². The number of thioether (sulfide) groups is 1. The Morgan fingerprint density at radius 1 is 1.44 bits per heavy atom. The van der Waals surface area contributed by atoms with Crippen LogP contribution in [-0.2, 0) is 0 Å². The quantitative estimate of drug-likeness (QED) is 0.281. The fraction of sp³-hybridized carbons (Fsp3) is 0.300. The van der Waals surface area contributed by atoms with E-state index in [0.717, 1.165) is 10.6 Å². The first kappa shape index (κ1) is 14.9. The van der Waals surface area contributed by atoms with Gasteiger partial charge in [0.1, 0.15) is 11.6 Å². The van der Waals surface area contributed by atoms with E-state index in [1.165, 1.54) is 11.8 Å². The number of halogens is 1. The van der Waals surface area contributed by atoms with Gasteiger partial charge in [0, 0.05) is 4.90 Å². The Morgan fingerprint density at radius 2 is 2.06 bits per heavy atom. The average Bonchev–Trinajstić information content (AvgIpc) is 2.28. The van der Waals surface area contributed by atoms with E-state index in [4.69, 9.17) is 15.7 Å². The summed E-state index contributed by atoms with van der Waals surface area (Å²) in [5.74, 6) is 1.55. The third-order valence-corrected chi connectivity index (χ3v) is 2.70. The molecule has 0 heterocycles. The van der Waals surface area contributed by atoms with Crippen LogP contribution < -0.4 is 10.5 Å². The number of oxime groups is 1. The molecule has 6 heteroatoms. The molecule has 0 saturated carbocycles. The molecule has 0 aliphatic rings. The number of hydrogen-bond donors (Lipinski definition) is 2. The summed E-state index contributed by atoms with van der Waals surface area (Å²) in [5.41, 5.74) is 5.35. The van der Waals surface area contributed by atoms with E-state index in [-0.39, 0.29) is 18.2 Å². The number of amidine groups is 1. The van der Waals surface area contributed by atoms with Crippen LogP contribution in [-0.4, -0.2) is 23.4 Å². The molecule has 0 aliphatic carbocycles. The van der Waals surface area contributed by atoms with Crippen molar-refractivity contribution in [1.29, 1.82) is 0 Å². The predicted molar refractivity (Wildman–Crippen MR) is 69.0 cm³/mol. The highest BCUT2D eigenvalue weighted by atomic mass is 35.5. The highest BCUT2D eigenvalue weighted by molar-refractivity contribution is 8.00. The van der Waals surface area contributed by atoms with Crippen molar-refractivity contribution in [3.05, 3.63) is 24.3 Å². The van der Waals surface area contributed by atoms with Crippen LogP contribution in [0.15, 0.2) is 34.3 Å². The molecule has 0 atom stereocenters. The van der Waals surface area contributed by atoms with E-state index in [9.17, 15) is 0 Å². The monoisotopic (exact) mass is 262 g/mol. The van der Waals surface area contributed by atoms with Crippen molar-refractivity contribution in [1.82, 2.24) is 0 Å². The first-order valence-electron chi connectivity index (χ1n) is 4.58. The molecule has 0 bridgehead atoms. The van der Waals surface area contributed by atoms with Crippen LogP contribution >= 0.6 is 24.2 Å². The van der Waals surface area contributed by atoms with Gasteiger partial charge < -0.3 is 15.7 Å². The van der Waals surface area contributed by atoms with Gasteiger partial charge in [-0.25, -0.2) is 0 Å². The second-order valence-electron chi connectivity index (χ2n) is 2.78. The van der Waals surface area contributed by atoms with Crippen LogP contribution in [0.1, 0.15) is 6.92 Å². The van der Waals surface area contributed by atoms with Gasteiger partial charge in [-0.1, -0.05) is 5.16 Å². The molecule has 0 fully saturated rings. The van der Waals surface area contributed by atoms with Gasteiger partial charge in [-0.3, -0.25) is 0 Å². The maximum Gasteiger partial charge on any atom is 0.149 e. The summed E-state index contributed by atoms with van der Waals surface area (Å²) in [6.45, 7) is 2.61. The Kier molecular flexibility index (Phi) is 7.58. The van der Waals surface area contributed by atoms with Crippen LogP contribution in [0.3, 0.4) is 0 Å². The second kappa shape index (κ2) is 8.13. The summed E-state index contributed by atoms with van der Waals surface area (Å²) in [4.78, 5) is 1.06. The third-order valence-electron chi connectivity index (χ3n) is 1.65. The lowest BCUT2D eigenvalue weighted by molar-refractivity contribution is 0.318. The Morgan fingerprint density at radius 3 is 2.56 bits per heavy atom. The van der Waals surface area contributed by atoms with E-state index < -0.39 is 0 Å². The number of benzene rings is 1. The van der Waals surface area contributed by atoms with Crippen LogP contribution in [0.5, 0.6) is 5.75 Å². The summed E-state index contributed by atoms with van der Waals surface area (Å²) >= 11 is 1.51. The highest BCUT2D eigenvalue weighted by Gasteiger charge is 1.98. The molecular weight excluding hydrogens is 248 g/mol. The van der Waals surface area contributed by atoms with Crippen LogP contribution in [0, 0.1) is 0 Å². The summed E-state index contributed by atoms with van der Waals surface area (Å²) in [6.07, 6.45) is 0. The van der Waals surface area contributed by atoms with Crippen molar-refractivity contribution in [2.75, 3.05) is 12.4 Å². The van der Waals surface area contributed by atoms with Crippen LogP contribution in [0.4, 0.5) is 0 Å². The molecule has 0 radical (unpaired) electrons. The van der Waals surface area contributed by atoms with Crippen molar-refractivity contribution in [2.24, 2.45) is 10.9 Å². The molecule has 0 unspecified atom stereocenters. The standard InChI is InChI=1S/C10H14N2O2S.ClH/c1-2-14-8-3-5-9(6-4-8)15-7-10(11)12-13;/h3-6,13H,2,7H2,1H3,(H2,11,12);1H. The van der Waals surface area contributed by atoms with Crippen LogP contribution in [0.2, 0.25) is 0 Å². The summed E-state index contributed by atoms with van der Waals surface area (Å²) in [6, 6.07) is 7.69. The van der Waals surface area contributed by atoms with E-state index in [1.54, 1.807) is 0 Å². The molecule has 1 aromatic rings. The zero-order valence-corrected chi connectivity index (χ0v) is 10.6. The topological polar surface area (TPSA) is 67.8 Å². The van der Waals surface area contributed by atoms with Gasteiger partial charge in [-0.2, -0.15) is 0 Å². The molecule has 0 aromatic heterocycles. The summed E-state index contributed by atoms with van der Waals surface area (Å²) in [5, 5.41) is 11.3. The smallest absolute Gasteiger partial charge is 0.149 e. The lowest BCUT2D eigenvalue weighted by Crippen LogP contribution is -2.13. The number of hydrogen-bond acceptors (Lipinski definition) is 4. The number of rotatable bonds is 5. The summed E-state index contributed by atoms with van der Waals surface area (Å²) < 4.78 is 5.31. The molecule has 90 valence electrons. The first-order valence-corrected chi connectivity index (χ1v) is 5.57. The van der Waals surface area contributed by atoms with Gasteiger partial charge >= 0.3 is 0 Å². The van der Waals surface area contributed by atoms with Crippen molar-refractivity contribution >= 4 is 30.0 Å². The Hall–Kier alpha value is -1.07. The third kappa shape index (κ3) is 5.14. The maximum atomic E-state index is 8.36. The summed E-state index contributed by atoms with van der Waals surface area (Å²) in [7, 11) is 0. The molecule has 1 aromatic carbocycles. The molecule has 3 N–H and O–H groups in total. The Labute approximate surface area is 105 Å². The van der Waals surface area contributed by atoms with E-state index in [1.807, 2.05) is 31.2 Å². The van der Waals surface area contributed by atoms with E-state index in [2.05, 4.69) is 5.16 Å². The normalized spacial score (nSPS) is 10.7. The number of nitrogens with zero attached hydrogens (tertiary/aromatic N) is 1. The molecule has 16 heavy (non-hydrogen) atoms. The van der Waals surface area contributed by atoms with E-state index in [0.29, 0.717) is 12.4 Å². The number of ether oxygens (including phenoxy) is 1. The van der Waals surface area contributed by atoms with Gasteiger partial charge in [0.25, 0.3) is 0 Å². The molecule has 1 rings (SSSR count). The van der Waals surface area contributed by atoms with Gasteiger partial charge in [0.15, 0.2) is 0 Å². The van der Waals surface area contributed by atoms with Gasteiger partial charge in [-0.05, 0) is 31.2 Å². The minimum Gasteiger partial charge on any atom is -0.494 e. The van der Waals surface area contributed by atoms with Crippen LogP contribution in [0.25, 0.3) is 0 Å². The largest absolute Gasteiger partial charge is 0.494 e. The van der Waals surface area contributed by atoms with Crippen molar-refractivity contribution in [3.8, 4) is 5.75 Å². The molecule has 4 nitrogen and oxygen atoms in total. The molecule has 0 aliphatic heterocycles. The minimum absolute atomic E-state index is 0. The minimum atomic E-state index is 0. The SMILES string of the molecule is CCOc1ccc(SC/C(N)=N\O)cc1.Cl. The predicted octanol–water partition coefficient (Wildman–Crippen LogP) is 2.35. The molecular formula is C10H15ClN2O2S. The van der Waals surface area contributed by atoms with Crippen molar-refractivity contribution in [3.63, 3.8) is 0 Å². The lowest BCUT2D eigenvalue weighted by Gasteiger charge is -2.04. The van der Waals surface area contributed by atoms with Gasteiger partial charge in [-0.15, -0.1) is 24.2 Å². The molecule has 0 amide bonds. The maximum absolute atomic E-state index is 8.36. The zero-order valence-electron chi connectivity index (χ0n) is 8.92. The highest BCUT2D eigenvalue weighted by Crippen LogP contribution is 2.21.